The molecule has 4 aromatic rings. The number of hydrogen-bond donors (Lipinski definition) is 2. The molecule has 0 aliphatic carbocycles. The second kappa shape index (κ2) is 10.2. The van der Waals surface area contributed by atoms with E-state index in [4.69, 9.17) is 10.7 Å². The van der Waals surface area contributed by atoms with Gasteiger partial charge in [0.25, 0.3) is 5.91 Å². The van der Waals surface area contributed by atoms with Gasteiger partial charge in [0.1, 0.15) is 5.82 Å². The molecule has 5 rings (SSSR count). The molecule has 3 heterocycles. The number of primary amides is 1. The summed E-state index contributed by atoms with van der Waals surface area (Å²) in [6, 6.07) is 20.9. The molecular formula is C27H29N7O. The van der Waals surface area contributed by atoms with Crippen LogP contribution in [0.25, 0.3) is 16.9 Å². The zero-order chi connectivity index (χ0) is 24.2. The SMILES string of the molecule is Cc1nc(C(N)=O)nn1-c1ccc(Cc2ccc(-c3ccc(CN4CCNCC4)cn3)cc2)cc1. The minimum absolute atomic E-state index is 0.0235. The molecule has 8 nitrogen and oxygen atoms in total. The van der Waals surface area contributed by atoms with E-state index in [1.54, 1.807) is 11.6 Å². The van der Waals surface area contributed by atoms with Crippen LogP contribution in [0.2, 0.25) is 0 Å². The molecule has 0 atom stereocenters. The Morgan fingerprint density at radius 2 is 1.60 bits per heavy atom. The summed E-state index contributed by atoms with van der Waals surface area (Å²) in [6.45, 7) is 7.03. The summed E-state index contributed by atoms with van der Waals surface area (Å²) in [5.74, 6) is 0.0104. The highest BCUT2D eigenvalue weighted by molar-refractivity contribution is 5.88. The highest BCUT2D eigenvalue weighted by Crippen LogP contribution is 2.20. The number of amides is 1. The molecule has 178 valence electrons. The molecule has 35 heavy (non-hydrogen) atoms. The quantitative estimate of drug-likeness (QED) is 0.433. The van der Waals surface area contributed by atoms with E-state index in [1.165, 1.54) is 16.7 Å². The lowest BCUT2D eigenvalue weighted by Gasteiger charge is -2.27. The summed E-state index contributed by atoms with van der Waals surface area (Å²) in [4.78, 5) is 22.6. The second-order valence-corrected chi connectivity index (χ2v) is 8.88. The first-order valence-electron chi connectivity index (χ1n) is 11.9. The lowest BCUT2D eigenvalue weighted by Crippen LogP contribution is -2.42. The van der Waals surface area contributed by atoms with E-state index >= 15 is 0 Å². The number of nitrogens with two attached hydrogens (primary N) is 1. The molecule has 1 amide bonds. The van der Waals surface area contributed by atoms with E-state index in [0.717, 1.165) is 56.1 Å². The number of piperazine rings is 1. The van der Waals surface area contributed by atoms with Crippen LogP contribution in [0, 0.1) is 6.92 Å². The molecule has 1 saturated heterocycles. The fourth-order valence-corrected chi connectivity index (χ4v) is 4.34. The summed E-state index contributed by atoms with van der Waals surface area (Å²) < 4.78 is 1.63. The number of carbonyl (C=O) groups is 1. The van der Waals surface area contributed by atoms with Gasteiger partial charge in [-0.1, -0.05) is 42.5 Å². The topological polar surface area (TPSA) is 102 Å². The van der Waals surface area contributed by atoms with E-state index in [0.29, 0.717) is 5.82 Å². The minimum Gasteiger partial charge on any atom is -0.363 e. The van der Waals surface area contributed by atoms with Crippen LogP contribution < -0.4 is 11.1 Å². The van der Waals surface area contributed by atoms with E-state index < -0.39 is 5.91 Å². The van der Waals surface area contributed by atoms with Crippen molar-refractivity contribution < 1.29 is 4.79 Å². The molecule has 3 N–H and O–H groups in total. The Hall–Kier alpha value is -3.88. The summed E-state index contributed by atoms with van der Waals surface area (Å²) in [5, 5.41) is 7.58. The zero-order valence-electron chi connectivity index (χ0n) is 19.8. The van der Waals surface area contributed by atoms with E-state index in [2.05, 4.69) is 68.8 Å². The van der Waals surface area contributed by atoms with Crippen molar-refractivity contribution in [3.63, 3.8) is 0 Å². The Kier molecular flexibility index (Phi) is 6.65. The molecule has 1 aliphatic rings. The van der Waals surface area contributed by atoms with Crippen molar-refractivity contribution >= 4 is 5.91 Å². The van der Waals surface area contributed by atoms with Crippen molar-refractivity contribution in [3.05, 3.63) is 95.2 Å². The molecule has 0 saturated carbocycles. The van der Waals surface area contributed by atoms with Gasteiger partial charge in [0.15, 0.2) is 0 Å². The van der Waals surface area contributed by atoms with Crippen LogP contribution in [0.15, 0.2) is 66.9 Å². The van der Waals surface area contributed by atoms with Gasteiger partial charge >= 0.3 is 0 Å². The zero-order valence-corrected chi connectivity index (χ0v) is 19.8. The third kappa shape index (κ3) is 5.45. The fraction of sp³-hybridized carbons (Fsp3) is 0.259. The molecule has 0 radical (unpaired) electrons. The number of pyridine rings is 1. The summed E-state index contributed by atoms with van der Waals surface area (Å²) >= 11 is 0. The maximum Gasteiger partial charge on any atom is 0.288 e. The van der Waals surface area contributed by atoms with Crippen LogP contribution in [0.5, 0.6) is 0 Å². The lowest BCUT2D eigenvalue weighted by molar-refractivity contribution is 0.0990. The summed E-state index contributed by atoms with van der Waals surface area (Å²) in [5.41, 5.74) is 11.9. The number of rotatable bonds is 7. The van der Waals surface area contributed by atoms with Gasteiger partial charge in [0.2, 0.25) is 5.82 Å². The normalized spacial score (nSPS) is 14.2. The molecule has 0 spiro atoms. The van der Waals surface area contributed by atoms with E-state index in [9.17, 15) is 4.79 Å². The first-order chi connectivity index (χ1) is 17.0. The van der Waals surface area contributed by atoms with Gasteiger partial charge in [-0.25, -0.2) is 9.67 Å². The van der Waals surface area contributed by atoms with Crippen LogP contribution >= 0.6 is 0 Å². The van der Waals surface area contributed by atoms with Crippen LogP contribution in [0.3, 0.4) is 0 Å². The number of nitrogens with zero attached hydrogens (tertiary/aromatic N) is 5. The van der Waals surface area contributed by atoms with Gasteiger partial charge in [-0.05, 0) is 48.2 Å². The largest absolute Gasteiger partial charge is 0.363 e. The van der Waals surface area contributed by atoms with Gasteiger partial charge in [-0.3, -0.25) is 14.7 Å². The highest BCUT2D eigenvalue weighted by Gasteiger charge is 2.12. The third-order valence-electron chi connectivity index (χ3n) is 6.27. The molecule has 2 aromatic heterocycles. The number of hydrogen-bond acceptors (Lipinski definition) is 6. The van der Waals surface area contributed by atoms with E-state index in [-0.39, 0.29) is 5.82 Å². The Morgan fingerprint density at radius 1 is 0.943 bits per heavy atom. The Bertz CT molecular complexity index is 1290. The fourth-order valence-electron chi connectivity index (χ4n) is 4.34. The molecule has 1 aliphatic heterocycles. The summed E-state index contributed by atoms with van der Waals surface area (Å²) in [7, 11) is 0. The second-order valence-electron chi connectivity index (χ2n) is 8.88. The van der Waals surface area contributed by atoms with Crippen molar-refractivity contribution in [1.82, 2.24) is 30.0 Å². The predicted molar refractivity (Wildman–Crippen MR) is 135 cm³/mol. The first-order valence-corrected chi connectivity index (χ1v) is 11.9. The molecular weight excluding hydrogens is 438 g/mol. The van der Waals surface area contributed by atoms with Gasteiger partial charge in [0.05, 0.1) is 11.4 Å². The van der Waals surface area contributed by atoms with Gasteiger partial charge < -0.3 is 11.1 Å². The van der Waals surface area contributed by atoms with Crippen molar-refractivity contribution in [3.8, 4) is 16.9 Å². The van der Waals surface area contributed by atoms with E-state index in [1.807, 2.05) is 18.3 Å². The molecule has 1 fully saturated rings. The number of aromatic nitrogens is 4. The Morgan fingerprint density at radius 3 is 2.20 bits per heavy atom. The maximum absolute atomic E-state index is 11.3. The predicted octanol–water partition coefficient (Wildman–Crippen LogP) is 2.73. The maximum atomic E-state index is 11.3. The third-order valence-corrected chi connectivity index (χ3v) is 6.27. The lowest BCUT2D eigenvalue weighted by atomic mass is 10.0. The number of aryl methyl sites for hydroxylation is 1. The smallest absolute Gasteiger partial charge is 0.288 e. The Balaban J connectivity index is 1.22. The van der Waals surface area contributed by atoms with Gasteiger partial charge in [-0.15, -0.1) is 5.10 Å². The van der Waals surface area contributed by atoms with Crippen LogP contribution in [0.1, 0.15) is 33.1 Å². The van der Waals surface area contributed by atoms with Crippen LogP contribution in [-0.4, -0.2) is 56.7 Å². The van der Waals surface area contributed by atoms with Crippen LogP contribution in [0.4, 0.5) is 0 Å². The Labute approximate surface area is 204 Å². The first kappa shape index (κ1) is 22.9. The average Bonchev–Trinajstić information content (AvgIpc) is 3.28. The van der Waals surface area contributed by atoms with Gasteiger partial charge in [-0.2, -0.15) is 0 Å². The molecule has 0 unspecified atom stereocenters. The standard InChI is InChI=1S/C27H29N7O/c1-19-31-27(26(28)35)32-34(19)24-9-4-21(5-10-24)16-20-2-7-23(8-3-20)25-11-6-22(17-30-25)18-33-14-12-29-13-15-33/h2-11,17,29H,12-16,18H2,1H3,(H2,28,35). The number of carbonyl (C=O) groups excluding carboxylic acids is 1. The van der Waals surface area contributed by atoms with Crippen LogP contribution in [-0.2, 0) is 13.0 Å². The van der Waals surface area contributed by atoms with Crippen molar-refractivity contribution in [2.24, 2.45) is 5.73 Å². The van der Waals surface area contributed by atoms with Crippen molar-refractivity contribution in [2.75, 3.05) is 26.2 Å². The number of nitrogens with one attached hydrogen (secondary N) is 1. The average molecular weight is 468 g/mol. The molecule has 8 heteroatoms. The summed E-state index contributed by atoms with van der Waals surface area (Å²) in [6.07, 6.45) is 2.82. The van der Waals surface area contributed by atoms with Crippen molar-refractivity contribution in [2.45, 2.75) is 19.9 Å². The van der Waals surface area contributed by atoms with Gasteiger partial charge in [0, 0.05) is 44.5 Å². The number of benzene rings is 2. The molecule has 0 bridgehead atoms. The minimum atomic E-state index is -0.631. The monoisotopic (exact) mass is 467 g/mol. The molecule has 2 aromatic carbocycles. The highest BCUT2D eigenvalue weighted by atomic mass is 16.1. The van der Waals surface area contributed by atoms with Crippen molar-refractivity contribution in [1.29, 1.82) is 0 Å².